The van der Waals surface area contributed by atoms with Crippen LogP contribution in [0.5, 0.6) is 0 Å². The molecule has 2 aliphatic heterocycles. The van der Waals surface area contributed by atoms with Crippen LogP contribution in [0.3, 0.4) is 0 Å². The summed E-state index contributed by atoms with van der Waals surface area (Å²) in [5.74, 6) is -0.352. The zero-order chi connectivity index (χ0) is 30.9. The molecule has 6 rings (SSSR count). The number of sulfone groups is 2. The number of hydrogen-bond acceptors (Lipinski definition) is 8. The number of nitrogens with zero attached hydrogens (tertiary/aromatic N) is 2. The van der Waals surface area contributed by atoms with Crippen molar-refractivity contribution < 1.29 is 40.6 Å². The standard InChI is InChI=1S/C31H50N2O8S2/c1-28(2)21-11-13-30(28,23(17-21)40-25-9-5-7-15-38-25)19-42(34,35)27(33-32)43(36,37)20-31-14-12-22(29(31,3)4)18-24(31)41-26-10-6-8-16-39-26/h21-26H,5-20H2,1-4H3. The van der Waals surface area contributed by atoms with E-state index in [1.807, 2.05) is 0 Å². The highest BCUT2D eigenvalue weighted by atomic mass is 32.3. The van der Waals surface area contributed by atoms with Gasteiger partial charge in [0, 0.05) is 24.0 Å². The lowest BCUT2D eigenvalue weighted by atomic mass is 9.69. The summed E-state index contributed by atoms with van der Waals surface area (Å²) in [5.41, 5.74) is 7.71. The molecule has 4 bridgehead atoms. The maximum absolute atomic E-state index is 14.2. The minimum Gasteiger partial charge on any atom is -0.359 e. The Hall–Kier alpha value is -0.880. The lowest BCUT2D eigenvalue weighted by molar-refractivity contribution is -0.212. The minimum atomic E-state index is -4.52. The Bertz CT molecular complexity index is 1250. The topological polar surface area (TPSA) is 142 Å². The molecular weight excluding hydrogens is 592 g/mol. The van der Waals surface area contributed by atoms with Crippen molar-refractivity contribution >= 4 is 24.1 Å². The van der Waals surface area contributed by atoms with Crippen molar-refractivity contribution in [2.24, 2.45) is 33.5 Å². The zero-order valence-electron chi connectivity index (χ0n) is 26.3. The van der Waals surface area contributed by atoms with Gasteiger partial charge in [0.2, 0.25) is 0 Å². The fourth-order valence-corrected chi connectivity index (χ4v) is 15.3. The van der Waals surface area contributed by atoms with Gasteiger partial charge in [-0.05, 0) is 99.7 Å². The van der Waals surface area contributed by atoms with Crippen LogP contribution < -0.4 is 0 Å². The van der Waals surface area contributed by atoms with Gasteiger partial charge < -0.3 is 24.5 Å². The highest BCUT2D eigenvalue weighted by molar-refractivity contribution is 8.31. The van der Waals surface area contributed by atoms with Gasteiger partial charge in [-0.2, -0.15) is 0 Å². The number of fused-ring (bicyclic) bond motifs is 4. The third kappa shape index (κ3) is 5.10. The molecular formula is C31H50N2O8S2. The normalized spacial score (nSPS) is 41.8. The third-order valence-electron chi connectivity index (χ3n) is 13.1. The fraction of sp³-hybridized carbons (Fsp3) is 0.968. The van der Waals surface area contributed by atoms with Gasteiger partial charge in [0.25, 0.3) is 19.7 Å². The van der Waals surface area contributed by atoms with Gasteiger partial charge in [0.15, 0.2) is 12.6 Å². The molecule has 0 aromatic heterocycles. The maximum atomic E-state index is 14.2. The summed E-state index contributed by atoms with van der Waals surface area (Å²) >= 11 is 0. The zero-order valence-corrected chi connectivity index (χ0v) is 27.9. The first kappa shape index (κ1) is 32.1. The predicted molar refractivity (Wildman–Crippen MR) is 160 cm³/mol. The van der Waals surface area contributed by atoms with Gasteiger partial charge in [-0.15, -0.1) is 4.79 Å². The molecule has 244 valence electrons. The Kier molecular flexibility index (Phi) is 8.30. The van der Waals surface area contributed by atoms with Crippen LogP contribution in [0.25, 0.3) is 5.53 Å². The summed E-state index contributed by atoms with van der Waals surface area (Å²) in [7, 11) is -9.04. The molecule has 43 heavy (non-hydrogen) atoms. The molecule has 0 N–H and O–H groups in total. The number of ether oxygens (including phenoxy) is 4. The van der Waals surface area contributed by atoms with Crippen LogP contribution in [0.1, 0.15) is 105 Å². The molecule has 2 heterocycles. The Morgan fingerprint density at radius 3 is 1.47 bits per heavy atom. The molecule has 2 saturated heterocycles. The predicted octanol–water partition coefficient (Wildman–Crippen LogP) is 4.88. The van der Waals surface area contributed by atoms with E-state index in [4.69, 9.17) is 18.9 Å². The Balaban J connectivity index is 1.27. The molecule has 10 nitrogen and oxygen atoms in total. The summed E-state index contributed by atoms with van der Waals surface area (Å²) in [6.45, 7) is 9.52. The van der Waals surface area contributed by atoms with Crippen LogP contribution in [0.2, 0.25) is 0 Å². The van der Waals surface area contributed by atoms with Crippen molar-refractivity contribution in [2.75, 3.05) is 24.7 Å². The fourth-order valence-electron chi connectivity index (χ4n) is 10.2. The SMILES string of the molecule is CC1(C)C2CCC1(CS(=O)(=O)C(=[N+]=[N-])S(=O)(=O)CC13CCC(CC1OC1CCCCO1)C3(C)C)C(OC1CCCCO1)C2. The van der Waals surface area contributed by atoms with E-state index in [9.17, 15) is 22.4 Å². The van der Waals surface area contributed by atoms with Crippen molar-refractivity contribution in [3.05, 3.63) is 5.53 Å². The average Bonchev–Trinajstić information content (AvgIpc) is 3.47. The molecule has 8 atom stereocenters. The van der Waals surface area contributed by atoms with Crippen molar-refractivity contribution in [3.63, 3.8) is 0 Å². The highest BCUT2D eigenvalue weighted by Gasteiger charge is 2.70. The van der Waals surface area contributed by atoms with Crippen LogP contribution in [-0.2, 0) is 38.6 Å². The van der Waals surface area contributed by atoms with Crippen LogP contribution in [0.15, 0.2) is 0 Å². The van der Waals surface area contributed by atoms with E-state index in [1.165, 1.54) is 0 Å². The summed E-state index contributed by atoms with van der Waals surface area (Å²) in [6.07, 6.45) is 8.28. The monoisotopic (exact) mass is 642 g/mol. The largest absolute Gasteiger partial charge is 0.495 e. The average molecular weight is 643 g/mol. The summed E-state index contributed by atoms with van der Waals surface area (Å²) < 4.78 is 80.3. The van der Waals surface area contributed by atoms with E-state index in [0.29, 0.717) is 38.9 Å². The van der Waals surface area contributed by atoms with Crippen molar-refractivity contribution in [2.45, 2.75) is 130 Å². The van der Waals surface area contributed by atoms with Gasteiger partial charge in [-0.25, -0.2) is 16.8 Å². The Labute approximate surface area is 257 Å². The van der Waals surface area contributed by atoms with Crippen LogP contribution >= 0.6 is 0 Å². The van der Waals surface area contributed by atoms with Gasteiger partial charge in [-0.3, -0.25) is 0 Å². The van der Waals surface area contributed by atoms with Crippen LogP contribution in [0, 0.1) is 33.5 Å². The smallest absolute Gasteiger partial charge is 0.359 e. The lowest BCUT2D eigenvalue weighted by Crippen LogP contribution is -2.51. The number of rotatable bonds is 8. The van der Waals surface area contributed by atoms with Gasteiger partial charge in [0.1, 0.15) is 0 Å². The van der Waals surface area contributed by atoms with Crippen molar-refractivity contribution in [1.29, 1.82) is 0 Å². The summed E-state index contributed by atoms with van der Waals surface area (Å²) in [5, 5.41) is 0. The quantitative estimate of drug-likeness (QED) is 0.158. The lowest BCUT2D eigenvalue weighted by Gasteiger charge is -2.43. The third-order valence-corrected chi connectivity index (χ3v) is 17.7. The number of hydrogen-bond donors (Lipinski definition) is 0. The molecule has 12 heteroatoms. The first-order valence-corrected chi connectivity index (χ1v) is 19.7. The second kappa shape index (κ2) is 11.1. The molecule has 6 aliphatic rings. The molecule has 0 spiro atoms. The van der Waals surface area contributed by atoms with E-state index in [-0.39, 0.29) is 36.6 Å². The second-order valence-electron chi connectivity index (χ2n) is 15.4. The first-order valence-electron chi connectivity index (χ1n) is 16.4. The van der Waals surface area contributed by atoms with Crippen LogP contribution in [-0.4, -0.2) is 75.5 Å². The van der Waals surface area contributed by atoms with E-state index in [1.54, 1.807) is 0 Å². The van der Waals surface area contributed by atoms with E-state index >= 15 is 0 Å². The van der Waals surface area contributed by atoms with Gasteiger partial charge >= 0.3 is 4.38 Å². The van der Waals surface area contributed by atoms with E-state index < -0.39 is 57.2 Å². The van der Waals surface area contributed by atoms with Crippen molar-refractivity contribution in [3.8, 4) is 0 Å². The Morgan fingerprint density at radius 2 is 1.14 bits per heavy atom. The highest BCUT2D eigenvalue weighted by Crippen LogP contribution is 2.68. The Morgan fingerprint density at radius 1 is 0.721 bits per heavy atom. The molecule has 8 unspecified atom stereocenters. The van der Waals surface area contributed by atoms with Gasteiger partial charge in [-0.1, -0.05) is 27.7 Å². The molecule has 0 aromatic carbocycles. The maximum Gasteiger partial charge on any atom is 0.495 e. The van der Waals surface area contributed by atoms with Gasteiger partial charge in [0.05, 0.1) is 23.7 Å². The summed E-state index contributed by atoms with van der Waals surface area (Å²) in [6, 6.07) is 0. The van der Waals surface area contributed by atoms with E-state index in [2.05, 4.69) is 32.5 Å². The van der Waals surface area contributed by atoms with E-state index in [0.717, 1.165) is 51.4 Å². The first-order chi connectivity index (χ1) is 20.2. The molecule has 0 radical (unpaired) electrons. The summed E-state index contributed by atoms with van der Waals surface area (Å²) in [4.78, 5) is 3.06. The molecule has 4 aliphatic carbocycles. The van der Waals surface area contributed by atoms with Crippen LogP contribution in [0.4, 0.5) is 0 Å². The minimum absolute atomic E-state index is 0.260. The second-order valence-corrected chi connectivity index (χ2v) is 19.5. The van der Waals surface area contributed by atoms with Crippen molar-refractivity contribution in [1.82, 2.24) is 0 Å². The molecule has 4 saturated carbocycles. The molecule has 0 amide bonds. The molecule has 6 fully saturated rings. The molecule has 0 aromatic rings.